The average molecular weight is 259 g/mol. The van der Waals surface area contributed by atoms with Gasteiger partial charge in [0.05, 0.1) is 17.1 Å². The zero-order chi connectivity index (χ0) is 12.5. The van der Waals surface area contributed by atoms with Gasteiger partial charge in [0, 0.05) is 18.0 Å². The number of hydrogen-bond donors (Lipinski definition) is 1. The Hall–Kier alpha value is -2.27. The van der Waals surface area contributed by atoms with Crippen LogP contribution in [-0.2, 0) is 0 Å². The number of halogens is 1. The largest absolute Gasteiger partial charge is 0.493 e. The van der Waals surface area contributed by atoms with Gasteiger partial charge in [0.2, 0.25) is 5.88 Å². The molecule has 0 radical (unpaired) electrons. The van der Waals surface area contributed by atoms with E-state index in [-0.39, 0.29) is 11.0 Å². The van der Waals surface area contributed by atoms with Crippen LogP contribution < -0.4 is 0 Å². The lowest BCUT2D eigenvalue weighted by Gasteiger charge is -2.04. The molecule has 0 bridgehead atoms. The second kappa shape index (κ2) is 4.19. The lowest BCUT2D eigenvalue weighted by molar-refractivity contribution is 0.460. The molecule has 3 rings (SSSR count). The summed E-state index contributed by atoms with van der Waals surface area (Å²) in [5.74, 6) is 0.308. The minimum atomic E-state index is -0.115. The van der Waals surface area contributed by atoms with E-state index in [9.17, 15) is 5.11 Å². The molecular weight excluding hydrogens is 252 g/mol. The van der Waals surface area contributed by atoms with Gasteiger partial charge in [-0.25, -0.2) is 9.97 Å². The van der Waals surface area contributed by atoms with E-state index in [4.69, 9.17) is 11.6 Å². The summed E-state index contributed by atoms with van der Waals surface area (Å²) in [5, 5.41) is 10.7. The van der Waals surface area contributed by atoms with Crippen molar-refractivity contribution in [3.63, 3.8) is 0 Å². The number of nitrogens with zero attached hydrogens (tertiary/aromatic N) is 4. The van der Waals surface area contributed by atoms with E-state index in [0.717, 1.165) is 5.56 Å². The van der Waals surface area contributed by atoms with E-state index >= 15 is 0 Å². The molecular formula is C12H7ClN4O. The second-order valence-corrected chi connectivity index (χ2v) is 4.02. The molecule has 0 aliphatic heterocycles. The maximum Gasteiger partial charge on any atom is 0.222 e. The van der Waals surface area contributed by atoms with Gasteiger partial charge in [0.15, 0.2) is 5.82 Å². The molecule has 6 heteroatoms. The van der Waals surface area contributed by atoms with Crippen LogP contribution in [0.25, 0.3) is 22.3 Å². The highest BCUT2D eigenvalue weighted by Gasteiger charge is 2.09. The van der Waals surface area contributed by atoms with Crippen LogP contribution in [-0.4, -0.2) is 25.0 Å². The minimum absolute atomic E-state index is 0.115. The van der Waals surface area contributed by atoms with Crippen molar-refractivity contribution in [2.24, 2.45) is 0 Å². The first-order valence-corrected chi connectivity index (χ1v) is 5.54. The molecule has 0 fully saturated rings. The third kappa shape index (κ3) is 1.84. The molecule has 0 saturated heterocycles. The van der Waals surface area contributed by atoms with Crippen LogP contribution in [0.5, 0.6) is 5.88 Å². The summed E-state index contributed by atoms with van der Waals surface area (Å²) < 4.78 is 0. The smallest absolute Gasteiger partial charge is 0.222 e. The van der Waals surface area contributed by atoms with Gasteiger partial charge in [-0.3, -0.25) is 4.98 Å². The molecule has 3 aromatic rings. The molecule has 0 aliphatic rings. The number of aromatic nitrogens is 4. The molecule has 5 nitrogen and oxygen atoms in total. The van der Waals surface area contributed by atoms with E-state index in [1.54, 1.807) is 24.5 Å². The predicted molar refractivity (Wildman–Crippen MR) is 67.2 cm³/mol. The number of aromatic hydroxyl groups is 1. The van der Waals surface area contributed by atoms with Gasteiger partial charge in [-0.15, -0.1) is 0 Å². The molecule has 3 aromatic heterocycles. The molecule has 0 saturated carbocycles. The van der Waals surface area contributed by atoms with Crippen molar-refractivity contribution < 1.29 is 5.11 Å². The Kier molecular flexibility index (Phi) is 2.53. The standard InChI is InChI=1S/C12H7ClN4O/c13-10-5-8-9(6-15-10)16-11(17-12(8)18)7-1-3-14-4-2-7/h1-6H,(H,16,17,18). The van der Waals surface area contributed by atoms with Gasteiger partial charge >= 0.3 is 0 Å². The molecule has 0 aliphatic carbocycles. The van der Waals surface area contributed by atoms with Crippen molar-refractivity contribution in [1.29, 1.82) is 0 Å². The summed E-state index contributed by atoms with van der Waals surface area (Å²) in [6, 6.07) is 5.07. The first kappa shape index (κ1) is 10.9. The summed E-state index contributed by atoms with van der Waals surface area (Å²) in [6.45, 7) is 0. The van der Waals surface area contributed by atoms with Crippen molar-refractivity contribution in [3.8, 4) is 17.3 Å². The van der Waals surface area contributed by atoms with Gasteiger partial charge in [0.1, 0.15) is 5.15 Å². The Labute approximate surface area is 107 Å². The normalized spacial score (nSPS) is 10.7. The van der Waals surface area contributed by atoms with Crippen molar-refractivity contribution >= 4 is 22.5 Å². The molecule has 0 amide bonds. The van der Waals surface area contributed by atoms with Gasteiger partial charge < -0.3 is 5.11 Å². The van der Waals surface area contributed by atoms with Crippen LogP contribution in [0, 0.1) is 0 Å². The maximum absolute atomic E-state index is 9.88. The highest BCUT2D eigenvalue weighted by atomic mass is 35.5. The fourth-order valence-electron chi connectivity index (χ4n) is 1.62. The molecule has 3 heterocycles. The van der Waals surface area contributed by atoms with E-state index in [2.05, 4.69) is 19.9 Å². The van der Waals surface area contributed by atoms with E-state index < -0.39 is 0 Å². The summed E-state index contributed by atoms with van der Waals surface area (Å²) >= 11 is 5.76. The first-order valence-electron chi connectivity index (χ1n) is 5.17. The lowest BCUT2D eigenvalue weighted by Crippen LogP contribution is -1.92. The zero-order valence-corrected chi connectivity index (χ0v) is 9.83. The Morgan fingerprint density at radius 3 is 2.67 bits per heavy atom. The van der Waals surface area contributed by atoms with Gasteiger partial charge in [0.25, 0.3) is 0 Å². The molecule has 0 atom stereocenters. The fourth-order valence-corrected chi connectivity index (χ4v) is 1.78. The second-order valence-electron chi connectivity index (χ2n) is 3.63. The molecule has 0 unspecified atom stereocenters. The molecule has 0 aromatic carbocycles. The molecule has 0 spiro atoms. The average Bonchev–Trinajstić information content (AvgIpc) is 2.40. The highest BCUT2D eigenvalue weighted by molar-refractivity contribution is 6.30. The van der Waals surface area contributed by atoms with Gasteiger partial charge in [-0.1, -0.05) is 11.6 Å². The Bertz CT molecular complexity index is 718. The van der Waals surface area contributed by atoms with Crippen LogP contribution in [0.1, 0.15) is 0 Å². The van der Waals surface area contributed by atoms with Crippen molar-refractivity contribution in [1.82, 2.24) is 19.9 Å². The zero-order valence-electron chi connectivity index (χ0n) is 9.08. The van der Waals surface area contributed by atoms with E-state index in [1.807, 2.05) is 0 Å². The Balaban J connectivity index is 2.25. The fraction of sp³-hybridized carbons (Fsp3) is 0. The first-order chi connectivity index (χ1) is 8.74. The summed E-state index contributed by atoms with van der Waals surface area (Å²) in [6.07, 6.45) is 4.78. The maximum atomic E-state index is 9.88. The minimum Gasteiger partial charge on any atom is -0.493 e. The molecule has 1 N–H and O–H groups in total. The molecule has 88 valence electrons. The monoisotopic (exact) mass is 258 g/mol. The highest BCUT2D eigenvalue weighted by Crippen LogP contribution is 2.26. The summed E-state index contributed by atoms with van der Waals surface area (Å²) in [4.78, 5) is 16.2. The van der Waals surface area contributed by atoms with Crippen LogP contribution >= 0.6 is 11.6 Å². The van der Waals surface area contributed by atoms with E-state index in [0.29, 0.717) is 16.7 Å². The van der Waals surface area contributed by atoms with Gasteiger partial charge in [-0.2, -0.15) is 4.98 Å². The predicted octanol–water partition coefficient (Wildman–Crippen LogP) is 2.45. The van der Waals surface area contributed by atoms with Crippen molar-refractivity contribution in [3.05, 3.63) is 41.9 Å². The summed E-state index contributed by atoms with van der Waals surface area (Å²) in [7, 11) is 0. The summed E-state index contributed by atoms with van der Waals surface area (Å²) in [5.41, 5.74) is 1.32. The van der Waals surface area contributed by atoms with Gasteiger partial charge in [-0.05, 0) is 18.2 Å². The Morgan fingerprint density at radius 2 is 1.89 bits per heavy atom. The third-order valence-corrected chi connectivity index (χ3v) is 2.67. The van der Waals surface area contributed by atoms with Crippen molar-refractivity contribution in [2.45, 2.75) is 0 Å². The number of hydrogen-bond acceptors (Lipinski definition) is 5. The number of fused-ring (bicyclic) bond motifs is 1. The van der Waals surface area contributed by atoms with Crippen LogP contribution in [0.3, 0.4) is 0 Å². The topological polar surface area (TPSA) is 71.8 Å². The quantitative estimate of drug-likeness (QED) is 0.679. The van der Waals surface area contributed by atoms with Crippen molar-refractivity contribution in [2.75, 3.05) is 0 Å². The SMILES string of the molecule is Oc1nc(-c2ccncc2)nc2cnc(Cl)cc12. The van der Waals surface area contributed by atoms with Crippen LogP contribution in [0.4, 0.5) is 0 Å². The molecule has 18 heavy (non-hydrogen) atoms. The number of rotatable bonds is 1. The van der Waals surface area contributed by atoms with Crippen LogP contribution in [0.2, 0.25) is 5.15 Å². The number of pyridine rings is 2. The third-order valence-electron chi connectivity index (χ3n) is 2.47. The van der Waals surface area contributed by atoms with Crippen LogP contribution in [0.15, 0.2) is 36.8 Å². The lowest BCUT2D eigenvalue weighted by atomic mass is 10.2. The Morgan fingerprint density at radius 1 is 1.11 bits per heavy atom. The van der Waals surface area contributed by atoms with E-state index in [1.165, 1.54) is 12.3 Å².